The van der Waals surface area contributed by atoms with Crippen LogP contribution in [0.3, 0.4) is 0 Å². The van der Waals surface area contributed by atoms with Crippen molar-refractivity contribution in [2.75, 3.05) is 6.54 Å². The van der Waals surface area contributed by atoms with Crippen LogP contribution in [-0.4, -0.2) is 22.4 Å². The van der Waals surface area contributed by atoms with Crippen molar-refractivity contribution in [3.63, 3.8) is 0 Å². The minimum atomic E-state index is 0.0638. The van der Waals surface area contributed by atoms with Gasteiger partial charge in [-0.1, -0.05) is 60.7 Å². The van der Waals surface area contributed by atoms with E-state index in [-0.39, 0.29) is 11.8 Å². The molecule has 0 unspecified atom stereocenters. The number of aromatic amines is 1. The van der Waals surface area contributed by atoms with Crippen molar-refractivity contribution in [3.05, 3.63) is 89.5 Å². The normalized spacial score (nSPS) is 10.8. The van der Waals surface area contributed by atoms with E-state index in [1.54, 1.807) is 0 Å². The SMILES string of the molecule is Cc1ncc(CCNC(=O)CC(c2ccccc2)c2ccccc2)[nH]1. The molecular formula is C21H23N3O. The molecule has 0 fully saturated rings. The second-order valence-corrected chi connectivity index (χ2v) is 6.17. The Hall–Kier alpha value is -2.88. The van der Waals surface area contributed by atoms with Gasteiger partial charge in [0.1, 0.15) is 5.82 Å². The number of rotatable bonds is 7. The predicted molar refractivity (Wildman–Crippen MR) is 99.4 cm³/mol. The second-order valence-electron chi connectivity index (χ2n) is 6.17. The minimum Gasteiger partial charge on any atom is -0.356 e. The molecule has 25 heavy (non-hydrogen) atoms. The maximum atomic E-state index is 12.5. The summed E-state index contributed by atoms with van der Waals surface area (Å²) in [6.45, 7) is 2.53. The number of carbonyl (C=O) groups is 1. The molecule has 1 aromatic heterocycles. The molecule has 0 aliphatic carbocycles. The van der Waals surface area contributed by atoms with Crippen molar-refractivity contribution >= 4 is 5.91 Å². The molecule has 0 aliphatic heterocycles. The molecule has 3 aromatic rings. The van der Waals surface area contributed by atoms with Crippen LogP contribution in [0.4, 0.5) is 0 Å². The number of imidazole rings is 1. The third-order valence-corrected chi connectivity index (χ3v) is 4.27. The van der Waals surface area contributed by atoms with Crippen LogP contribution in [0.1, 0.15) is 35.0 Å². The third kappa shape index (κ3) is 4.80. The first-order chi connectivity index (χ1) is 12.2. The highest BCUT2D eigenvalue weighted by atomic mass is 16.1. The average molecular weight is 333 g/mol. The molecule has 0 radical (unpaired) electrons. The fourth-order valence-corrected chi connectivity index (χ4v) is 2.99. The summed E-state index contributed by atoms with van der Waals surface area (Å²) in [4.78, 5) is 19.8. The first kappa shape index (κ1) is 17.0. The molecule has 0 aliphatic rings. The molecule has 0 saturated carbocycles. The molecule has 3 rings (SSSR count). The molecule has 4 nitrogen and oxygen atoms in total. The van der Waals surface area contributed by atoms with E-state index in [0.717, 1.165) is 29.1 Å². The van der Waals surface area contributed by atoms with Crippen molar-refractivity contribution in [2.45, 2.75) is 25.7 Å². The van der Waals surface area contributed by atoms with Crippen molar-refractivity contribution in [3.8, 4) is 0 Å². The zero-order valence-electron chi connectivity index (χ0n) is 14.4. The van der Waals surface area contributed by atoms with Crippen molar-refractivity contribution in [1.82, 2.24) is 15.3 Å². The first-order valence-corrected chi connectivity index (χ1v) is 8.59. The first-order valence-electron chi connectivity index (χ1n) is 8.59. The van der Waals surface area contributed by atoms with Crippen LogP contribution in [-0.2, 0) is 11.2 Å². The highest BCUT2D eigenvalue weighted by molar-refractivity contribution is 5.77. The van der Waals surface area contributed by atoms with Gasteiger partial charge >= 0.3 is 0 Å². The van der Waals surface area contributed by atoms with Gasteiger partial charge in [-0.25, -0.2) is 4.98 Å². The number of aryl methyl sites for hydroxylation is 1. The van der Waals surface area contributed by atoms with E-state index in [4.69, 9.17) is 0 Å². The molecule has 0 atom stereocenters. The van der Waals surface area contributed by atoms with Crippen LogP contribution in [0.25, 0.3) is 0 Å². The molecule has 4 heteroatoms. The van der Waals surface area contributed by atoms with E-state index < -0.39 is 0 Å². The highest BCUT2D eigenvalue weighted by Crippen LogP contribution is 2.27. The molecular weight excluding hydrogens is 310 g/mol. The summed E-state index contributed by atoms with van der Waals surface area (Å²) >= 11 is 0. The van der Waals surface area contributed by atoms with E-state index in [2.05, 4.69) is 39.6 Å². The molecule has 0 spiro atoms. The average Bonchev–Trinajstić information content (AvgIpc) is 3.06. The van der Waals surface area contributed by atoms with Crippen LogP contribution in [0.2, 0.25) is 0 Å². The topological polar surface area (TPSA) is 57.8 Å². The number of nitrogens with one attached hydrogen (secondary N) is 2. The number of hydrogen-bond donors (Lipinski definition) is 2. The van der Waals surface area contributed by atoms with Crippen molar-refractivity contribution in [1.29, 1.82) is 0 Å². The summed E-state index contributed by atoms with van der Waals surface area (Å²) in [5.41, 5.74) is 3.36. The lowest BCUT2D eigenvalue weighted by molar-refractivity contribution is -0.121. The lowest BCUT2D eigenvalue weighted by Gasteiger charge is -2.18. The van der Waals surface area contributed by atoms with E-state index >= 15 is 0 Å². The largest absolute Gasteiger partial charge is 0.356 e. The molecule has 1 amide bonds. The maximum Gasteiger partial charge on any atom is 0.220 e. The Labute approximate surface area is 148 Å². The summed E-state index contributed by atoms with van der Waals surface area (Å²) in [7, 11) is 0. The van der Waals surface area contributed by atoms with Gasteiger partial charge in [0.2, 0.25) is 5.91 Å². The van der Waals surface area contributed by atoms with Gasteiger partial charge in [0, 0.05) is 37.2 Å². The number of benzene rings is 2. The lowest BCUT2D eigenvalue weighted by Crippen LogP contribution is -2.27. The second kappa shape index (κ2) is 8.29. The Morgan fingerprint density at radius 1 is 1.04 bits per heavy atom. The van der Waals surface area contributed by atoms with E-state index in [1.807, 2.05) is 49.5 Å². The number of carbonyl (C=O) groups excluding carboxylic acids is 1. The highest BCUT2D eigenvalue weighted by Gasteiger charge is 2.17. The van der Waals surface area contributed by atoms with Crippen LogP contribution >= 0.6 is 0 Å². The van der Waals surface area contributed by atoms with Gasteiger partial charge in [0.15, 0.2) is 0 Å². The Morgan fingerprint density at radius 3 is 2.16 bits per heavy atom. The number of aromatic nitrogens is 2. The van der Waals surface area contributed by atoms with Crippen molar-refractivity contribution < 1.29 is 4.79 Å². The van der Waals surface area contributed by atoms with E-state index in [9.17, 15) is 4.79 Å². The van der Waals surface area contributed by atoms with Crippen LogP contribution in [0, 0.1) is 6.92 Å². The van der Waals surface area contributed by atoms with Gasteiger partial charge in [0.05, 0.1) is 0 Å². The molecule has 2 N–H and O–H groups in total. The van der Waals surface area contributed by atoms with Gasteiger partial charge in [-0.05, 0) is 18.1 Å². The minimum absolute atomic E-state index is 0.0638. The van der Waals surface area contributed by atoms with E-state index in [0.29, 0.717) is 13.0 Å². The van der Waals surface area contributed by atoms with Gasteiger partial charge in [0.25, 0.3) is 0 Å². The Kier molecular flexibility index (Phi) is 5.62. The Balaban J connectivity index is 1.62. The zero-order chi connectivity index (χ0) is 17.5. The van der Waals surface area contributed by atoms with Gasteiger partial charge < -0.3 is 10.3 Å². The maximum absolute atomic E-state index is 12.5. The smallest absolute Gasteiger partial charge is 0.220 e. The molecule has 0 saturated heterocycles. The Bertz CT molecular complexity index is 757. The summed E-state index contributed by atoms with van der Waals surface area (Å²) in [6.07, 6.45) is 3.02. The van der Waals surface area contributed by atoms with Crippen LogP contribution < -0.4 is 5.32 Å². The fraction of sp³-hybridized carbons (Fsp3) is 0.238. The summed E-state index contributed by atoms with van der Waals surface area (Å²) in [6, 6.07) is 20.4. The van der Waals surface area contributed by atoms with Crippen LogP contribution in [0.15, 0.2) is 66.9 Å². The summed E-state index contributed by atoms with van der Waals surface area (Å²) in [5, 5.41) is 3.02. The fourth-order valence-electron chi connectivity index (χ4n) is 2.99. The quantitative estimate of drug-likeness (QED) is 0.694. The lowest BCUT2D eigenvalue weighted by atomic mass is 9.88. The summed E-state index contributed by atoms with van der Waals surface area (Å²) < 4.78 is 0. The molecule has 0 bridgehead atoms. The van der Waals surface area contributed by atoms with Crippen molar-refractivity contribution in [2.24, 2.45) is 0 Å². The number of H-pyrrole nitrogens is 1. The summed E-state index contributed by atoms with van der Waals surface area (Å²) in [5.74, 6) is 1.03. The monoisotopic (exact) mass is 333 g/mol. The third-order valence-electron chi connectivity index (χ3n) is 4.27. The zero-order valence-corrected chi connectivity index (χ0v) is 14.4. The standard InChI is InChI=1S/C21H23N3O/c1-16-23-15-19(24-16)12-13-22-21(25)14-20(17-8-4-2-5-9-17)18-10-6-3-7-11-18/h2-11,15,20H,12-14H2,1H3,(H,22,25)(H,23,24). The molecule has 2 aromatic carbocycles. The van der Waals surface area contributed by atoms with Gasteiger partial charge in [-0.2, -0.15) is 0 Å². The van der Waals surface area contributed by atoms with E-state index in [1.165, 1.54) is 0 Å². The van der Waals surface area contributed by atoms with Crippen LogP contribution in [0.5, 0.6) is 0 Å². The van der Waals surface area contributed by atoms with Gasteiger partial charge in [-0.3, -0.25) is 4.79 Å². The Morgan fingerprint density at radius 2 is 1.64 bits per heavy atom. The van der Waals surface area contributed by atoms with Gasteiger partial charge in [-0.15, -0.1) is 0 Å². The molecule has 1 heterocycles. The number of nitrogens with zero attached hydrogens (tertiary/aromatic N) is 1. The predicted octanol–water partition coefficient (Wildman–Crippen LogP) is 3.60. The number of amides is 1. The number of hydrogen-bond acceptors (Lipinski definition) is 2. The molecule has 128 valence electrons.